The fraction of sp³-hybridized carbons (Fsp3) is 0.611. The van der Waals surface area contributed by atoms with Gasteiger partial charge in [-0.15, -0.1) is 0 Å². The third-order valence-electron chi connectivity index (χ3n) is 4.94. The molecule has 0 spiro atoms. The molecule has 19 heteroatoms. The molecule has 0 aromatic heterocycles. The molecule has 0 aliphatic rings. The van der Waals surface area contributed by atoms with E-state index >= 15 is 0 Å². The summed E-state index contributed by atoms with van der Waals surface area (Å²) in [6.45, 7) is 0. The van der Waals surface area contributed by atoms with Crippen molar-refractivity contribution in [3.05, 3.63) is 35.4 Å². The minimum absolute atomic E-state index is 0.452. The molecule has 0 saturated heterocycles. The Labute approximate surface area is 194 Å². The molecule has 1 unspecified atom stereocenters. The predicted molar refractivity (Wildman–Crippen MR) is 86.2 cm³/mol. The average Bonchev–Trinajstić information content (AvgIpc) is 2.75. The number of hydrogen-bond acceptors (Lipinski definition) is 2. The Morgan fingerprint density at radius 3 is 1.41 bits per heavy atom. The molecule has 1 rings (SSSR count). The lowest BCUT2D eigenvalue weighted by Gasteiger charge is -2.43. The van der Waals surface area contributed by atoms with Crippen molar-refractivity contribution in [2.24, 2.45) is 0 Å². The van der Waals surface area contributed by atoms with Crippen molar-refractivity contribution >= 4 is 0 Å². The van der Waals surface area contributed by atoms with Gasteiger partial charge in [-0.3, -0.25) is 0 Å². The third kappa shape index (κ3) is 4.65. The monoisotopic (exact) mass is 579 g/mol. The summed E-state index contributed by atoms with van der Waals surface area (Å²) in [4.78, 5) is 0. The van der Waals surface area contributed by atoms with E-state index in [0.717, 1.165) is 24.3 Å². The second-order valence-corrected chi connectivity index (χ2v) is 7.28. The van der Waals surface area contributed by atoms with Gasteiger partial charge in [0, 0.05) is 13.5 Å². The van der Waals surface area contributed by atoms with Crippen LogP contribution in [0.25, 0.3) is 0 Å². The summed E-state index contributed by atoms with van der Waals surface area (Å²) in [6, 6.07) is 4.94. The smallest absolute Gasteiger partial charge is 0.376 e. The molecule has 0 saturated carbocycles. The predicted octanol–water partition coefficient (Wildman–Crippen LogP) is 7.65. The van der Waals surface area contributed by atoms with Gasteiger partial charge >= 0.3 is 47.6 Å². The van der Waals surface area contributed by atoms with E-state index in [1.54, 1.807) is 0 Å². The molecule has 0 amide bonds. The zero-order valence-electron chi connectivity index (χ0n) is 17.4. The van der Waals surface area contributed by atoms with Gasteiger partial charge in [0.05, 0.1) is 17.7 Å². The van der Waals surface area contributed by atoms with E-state index in [-0.39, 0.29) is 0 Å². The van der Waals surface area contributed by atoms with Gasteiger partial charge in [-0.2, -0.15) is 79.9 Å². The Morgan fingerprint density at radius 2 is 1.03 bits per heavy atom. The Morgan fingerprint density at radius 1 is 0.649 bits per heavy atom. The normalized spacial score (nSPS) is 15.9. The van der Waals surface area contributed by atoms with Crippen LogP contribution in [0.1, 0.15) is 23.7 Å². The molecular formula is C18H10F17NO. The third-order valence-corrected chi connectivity index (χ3v) is 4.94. The van der Waals surface area contributed by atoms with E-state index < -0.39 is 71.3 Å². The number of nitriles is 1. The van der Waals surface area contributed by atoms with Gasteiger partial charge in [-0.25, -0.2) is 0 Å². The molecule has 212 valence electrons. The second-order valence-electron chi connectivity index (χ2n) is 7.28. The minimum atomic E-state index is -8.68. The summed E-state index contributed by atoms with van der Waals surface area (Å²) < 4.78 is 231. The number of halogens is 17. The van der Waals surface area contributed by atoms with Crippen LogP contribution in [0.15, 0.2) is 24.3 Å². The quantitative estimate of drug-likeness (QED) is 0.267. The molecule has 1 atom stereocenters. The van der Waals surface area contributed by atoms with Crippen LogP contribution in [0.5, 0.6) is 0 Å². The van der Waals surface area contributed by atoms with Crippen LogP contribution < -0.4 is 0 Å². The van der Waals surface area contributed by atoms with Crippen LogP contribution in [-0.4, -0.2) is 54.7 Å². The van der Waals surface area contributed by atoms with Crippen molar-refractivity contribution < 1.29 is 79.4 Å². The largest absolute Gasteiger partial charge is 0.460 e. The molecular weight excluding hydrogens is 569 g/mol. The molecule has 1 aromatic rings. The van der Waals surface area contributed by atoms with Crippen molar-refractivity contribution in [3.8, 4) is 6.07 Å². The molecule has 0 radical (unpaired) electrons. The highest BCUT2D eigenvalue weighted by Gasteiger charge is 2.95. The van der Waals surface area contributed by atoms with Crippen LogP contribution in [0.3, 0.4) is 0 Å². The molecule has 0 N–H and O–H groups in total. The Balaban J connectivity index is 3.63. The first-order valence-electron chi connectivity index (χ1n) is 8.96. The Kier molecular flexibility index (Phi) is 8.21. The number of rotatable bonds is 10. The molecule has 37 heavy (non-hydrogen) atoms. The average molecular weight is 579 g/mol. The maximum Gasteiger partial charge on any atom is 0.460 e. The highest BCUT2D eigenvalue weighted by molar-refractivity contribution is 5.39. The van der Waals surface area contributed by atoms with Gasteiger partial charge in [-0.05, 0) is 11.6 Å². The summed E-state index contributed by atoms with van der Waals surface area (Å²) in [5, 5.41) is 8.89. The van der Waals surface area contributed by atoms with Crippen molar-refractivity contribution in [1.82, 2.24) is 0 Å². The number of hydrogen-bond donors (Lipinski definition) is 0. The maximum atomic E-state index is 14.2. The van der Waals surface area contributed by atoms with Crippen molar-refractivity contribution in [3.63, 3.8) is 0 Å². The number of benzene rings is 1. The minimum Gasteiger partial charge on any atom is -0.376 e. The molecule has 0 aliphatic carbocycles. The number of methoxy groups -OCH3 is 1. The van der Waals surface area contributed by atoms with E-state index in [2.05, 4.69) is 4.74 Å². The lowest BCUT2D eigenvalue weighted by Crippen LogP contribution is -2.74. The van der Waals surface area contributed by atoms with Crippen LogP contribution >= 0.6 is 0 Å². The summed E-state index contributed by atoms with van der Waals surface area (Å²) >= 11 is 0. The molecule has 2 nitrogen and oxygen atoms in total. The van der Waals surface area contributed by atoms with Gasteiger partial charge < -0.3 is 4.74 Å². The standard InChI is InChI=1S/C18H10F17NO/c1-37-10(9-5-3-2-4-8(9)7-36)6-11(19,20)12(21,22)13(23,24)14(25,26)15(27,28)16(29,30)17(31,32)18(33,34)35/h2-5,10H,6H2,1H3. The topological polar surface area (TPSA) is 33.0 Å². The molecule has 1 aromatic carbocycles. The maximum absolute atomic E-state index is 14.2. The van der Waals surface area contributed by atoms with Gasteiger partial charge in [0.1, 0.15) is 0 Å². The van der Waals surface area contributed by atoms with Gasteiger partial charge in [0.15, 0.2) is 0 Å². The molecule has 0 bridgehead atoms. The van der Waals surface area contributed by atoms with E-state index in [1.807, 2.05) is 0 Å². The molecule has 0 heterocycles. The first-order valence-corrected chi connectivity index (χ1v) is 8.96. The van der Waals surface area contributed by atoms with Crippen LogP contribution in [0.4, 0.5) is 74.6 Å². The van der Waals surface area contributed by atoms with Crippen LogP contribution in [0.2, 0.25) is 0 Å². The fourth-order valence-corrected chi connectivity index (χ4v) is 2.76. The van der Waals surface area contributed by atoms with E-state index in [4.69, 9.17) is 5.26 Å². The van der Waals surface area contributed by atoms with E-state index in [0.29, 0.717) is 7.11 Å². The Hall–Kier alpha value is -2.52. The second kappa shape index (κ2) is 9.34. The van der Waals surface area contributed by atoms with Crippen molar-refractivity contribution in [2.75, 3.05) is 7.11 Å². The summed E-state index contributed by atoms with van der Waals surface area (Å²) in [6.07, 6.45) is -13.2. The Bertz CT molecular complexity index is 1010. The van der Waals surface area contributed by atoms with E-state index in [1.165, 1.54) is 6.07 Å². The van der Waals surface area contributed by atoms with Crippen molar-refractivity contribution in [2.45, 2.75) is 60.2 Å². The molecule has 0 fully saturated rings. The summed E-state index contributed by atoms with van der Waals surface area (Å²) in [5.41, 5.74) is -1.37. The number of alkyl halides is 17. The first-order chi connectivity index (χ1) is 16.2. The first kappa shape index (κ1) is 32.5. The van der Waals surface area contributed by atoms with Gasteiger partial charge in [0.2, 0.25) is 0 Å². The van der Waals surface area contributed by atoms with Gasteiger partial charge in [0.25, 0.3) is 0 Å². The lowest BCUT2D eigenvalue weighted by atomic mass is 9.86. The van der Waals surface area contributed by atoms with Crippen LogP contribution in [0, 0.1) is 11.3 Å². The summed E-state index contributed by atoms with van der Waals surface area (Å²) in [5.74, 6) is -56.9. The van der Waals surface area contributed by atoms with Crippen molar-refractivity contribution in [1.29, 1.82) is 5.26 Å². The SMILES string of the molecule is COC(CC(F)(F)C(F)(F)C(F)(F)C(F)(F)C(F)(F)C(F)(F)C(F)(F)C(F)(F)F)c1ccccc1C#N. The van der Waals surface area contributed by atoms with Gasteiger partial charge in [-0.1, -0.05) is 18.2 Å². The molecule has 0 aliphatic heterocycles. The highest BCUT2D eigenvalue weighted by Crippen LogP contribution is 2.64. The highest BCUT2D eigenvalue weighted by atomic mass is 19.4. The number of nitrogens with zero attached hydrogens (tertiary/aromatic N) is 1. The lowest BCUT2D eigenvalue weighted by molar-refractivity contribution is -0.462. The zero-order valence-corrected chi connectivity index (χ0v) is 17.4. The van der Waals surface area contributed by atoms with E-state index in [9.17, 15) is 74.6 Å². The fourth-order valence-electron chi connectivity index (χ4n) is 2.76. The summed E-state index contributed by atoms with van der Waals surface area (Å²) in [7, 11) is 0.452. The number of ether oxygens (including phenoxy) is 1. The zero-order chi connectivity index (χ0) is 29.7. The van der Waals surface area contributed by atoms with Crippen LogP contribution in [-0.2, 0) is 4.74 Å².